The highest BCUT2D eigenvalue weighted by Crippen LogP contribution is 2.57. The van der Waals surface area contributed by atoms with E-state index in [1.54, 1.807) is 31.2 Å². The van der Waals surface area contributed by atoms with Crippen LogP contribution in [0.15, 0.2) is 48.5 Å². The largest absolute Gasteiger partial charge is 0.463 e. The molecule has 2 aromatic carbocycles. The summed E-state index contributed by atoms with van der Waals surface area (Å²) in [5.74, 6) is -1.62. The van der Waals surface area contributed by atoms with Crippen molar-refractivity contribution in [1.29, 1.82) is 0 Å². The lowest BCUT2D eigenvalue weighted by molar-refractivity contribution is -0.147. The molecule has 4 rings (SSSR count). The number of ketones is 2. The van der Waals surface area contributed by atoms with Gasteiger partial charge >= 0.3 is 5.97 Å². The Labute approximate surface area is 163 Å². The molecule has 0 unspecified atom stereocenters. The third-order valence-electron chi connectivity index (χ3n) is 5.53. The van der Waals surface area contributed by atoms with E-state index in [4.69, 9.17) is 9.47 Å². The second kappa shape index (κ2) is 6.67. The monoisotopic (exact) mass is 378 g/mol. The summed E-state index contributed by atoms with van der Waals surface area (Å²) in [6, 6.07) is 14.4. The molecule has 0 radical (unpaired) electrons. The molecule has 0 amide bonds. The number of benzene rings is 2. The maximum absolute atomic E-state index is 13.3. The lowest BCUT2D eigenvalue weighted by atomic mass is 9.71. The van der Waals surface area contributed by atoms with Crippen molar-refractivity contribution in [2.24, 2.45) is 0 Å². The van der Waals surface area contributed by atoms with Gasteiger partial charge in [0.15, 0.2) is 11.4 Å². The van der Waals surface area contributed by atoms with Gasteiger partial charge in [0.05, 0.1) is 6.61 Å². The first-order valence-electron chi connectivity index (χ1n) is 9.64. The van der Waals surface area contributed by atoms with Crippen LogP contribution in [-0.2, 0) is 27.1 Å². The van der Waals surface area contributed by atoms with Gasteiger partial charge in [-0.1, -0.05) is 61.9 Å². The first-order valence-corrected chi connectivity index (χ1v) is 9.64. The Morgan fingerprint density at radius 1 is 0.929 bits per heavy atom. The number of carbonyl (C=O) groups is 3. The molecular weight excluding hydrogens is 356 g/mol. The third-order valence-corrected chi connectivity index (χ3v) is 5.53. The predicted octanol–water partition coefficient (Wildman–Crippen LogP) is 3.33. The van der Waals surface area contributed by atoms with Gasteiger partial charge in [0.1, 0.15) is 0 Å². The highest BCUT2D eigenvalue weighted by Gasteiger charge is 2.85. The molecule has 0 bridgehead atoms. The standard InChI is InChI=1S/C23H22O5/c1-3-7-15-10-12-16(13-11-15)14-22-19(24)17-8-5-6-9-18(17)20(25)23(22,28-22)21(26)27-4-2/h5-6,8-13H,3-4,7,14H2,1-2H3/t22-,23-/m0/s1. The summed E-state index contributed by atoms with van der Waals surface area (Å²) in [5, 5.41) is 0. The van der Waals surface area contributed by atoms with E-state index in [1.807, 2.05) is 24.3 Å². The molecule has 0 spiro atoms. The average Bonchev–Trinajstić information content (AvgIpc) is 3.40. The molecule has 144 valence electrons. The minimum absolute atomic E-state index is 0.106. The van der Waals surface area contributed by atoms with E-state index in [0.29, 0.717) is 5.56 Å². The summed E-state index contributed by atoms with van der Waals surface area (Å²) in [6.45, 7) is 3.88. The van der Waals surface area contributed by atoms with Crippen molar-refractivity contribution in [2.75, 3.05) is 6.61 Å². The van der Waals surface area contributed by atoms with E-state index in [9.17, 15) is 14.4 Å². The molecule has 5 heteroatoms. The Hall–Kier alpha value is -2.79. The van der Waals surface area contributed by atoms with E-state index in [2.05, 4.69) is 6.92 Å². The van der Waals surface area contributed by atoms with Crippen molar-refractivity contribution >= 4 is 17.5 Å². The van der Waals surface area contributed by atoms with Gasteiger partial charge < -0.3 is 9.47 Å². The quantitative estimate of drug-likeness (QED) is 0.438. The number of esters is 1. The first-order chi connectivity index (χ1) is 13.5. The molecule has 0 aromatic heterocycles. The van der Waals surface area contributed by atoms with Crippen LogP contribution in [0.3, 0.4) is 0 Å². The number of fused-ring (bicyclic) bond motifs is 2. The number of ether oxygens (including phenoxy) is 2. The molecule has 2 aromatic rings. The summed E-state index contributed by atoms with van der Waals surface area (Å²) in [7, 11) is 0. The van der Waals surface area contributed by atoms with Gasteiger partial charge in [0.25, 0.3) is 5.60 Å². The molecule has 28 heavy (non-hydrogen) atoms. The van der Waals surface area contributed by atoms with Crippen LogP contribution in [0.4, 0.5) is 0 Å². The minimum Gasteiger partial charge on any atom is -0.463 e. The zero-order chi connectivity index (χ0) is 19.9. The summed E-state index contributed by atoms with van der Waals surface area (Å²) in [5.41, 5.74) is -0.854. The molecule has 2 atom stereocenters. The molecule has 0 N–H and O–H groups in total. The van der Waals surface area contributed by atoms with Crippen LogP contribution in [0.5, 0.6) is 0 Å². The van der Waals surface area contributed by atoms with E-state index in [1.165, 1.54) is 5.56 Å². The van der Waals surface area contributed by atoms with Crippen molar-refractivity contribution in [3.8, 4) is 0 Å². The van der Waals surface area contributed by atoms with Crippen molar-refractivity contribution < 1.29 is 23.9 Å². The summed E-state index contributed by atoms with van der Waals surface area (Å²) < 4.78 is 10.9. The van der Waals surface area contributed by atoms with E-state index in [0.717, 1.165) is 18.4 Å². The van der Waals surface area contributed by atoms with Crippen LogP contribution in [0.2, 0.25) is 0 Å². The van der Waals surface area contributed by atoms with Gasteiger partial charge in [0.2, 0.25) is 5.78 Å². The number of hydrogen-bond acceptors (Lipinski definition) is 5. The number of epoxide rings is 1. The maximum Gasteiger partial charge on any atom is 0.350 e. The molecule has 1 fully saturated rings. The van der Waals surface area contributed by atoms with Gasteiger partial charge in [-0.05, 0) is 24.5 Å². The highest BCUT2D eigenvalue weighted by atomic mass is 16.7. The van der Waals surface area contributed by atoms with Crippen molar-refractivity contribution in [3.63, 3.8) is 0 Å². The van der Waals surface area contributed by atoms with Crippen LogP contribution in [0.25, 0.3) is 0 Å². The Kier molecular flexibility index (Phi) is 4.42. The van der Waals surface area contributed by atoms with Crippen LogP contribution in [-0.4, -0.2) is 35.3 Å². The SMILES string of the molecule is CCCc1ccc(C[C@@]23O[C@]2(C(=O)OCC)C(=O)c2ccccc2C3=O)cc1. The predicted molar refractivity (Wildman–Crippen MR) is 102 cm³/mol. The van der Waals surface area contributed by atoms with Crippen molar-refractivity contribution in [1.82, 2.24) is 0 Å². The maximum atomic E-state index is 13.3. The van der Waals surface area contributed by atoms with Crippen LogP contribution < -0.4 is 0 Å². The Balaban J connectivity index is 1.76. The minimum atomic E-state index is -1.88. The van der Waals surface area contributed by atoms with Crippen LogP contribution in [0.1, 0.15) is 52.1 Å². The summed E-state index contributed by atoms with van der Waals surface area (Å²) >= 11 is 0. The molecular formula is C23H22O5. The smallest absolute Gasteiger partial charge is 0.350 e. The van der Waals surface area contributed by atoms with Gasteiger partial charge in [-0.25, -0.2) is 4.79 Å². The normalized spacial score (nSPS) is 25.1. The summed E-state index contributed by atoms with van der Waals surface area (Å²) in [6.07, 6.45) is 2.17. The number of carbonyl (C=O) groups excluding carboxylic acids is 3. The number of hydrogen-bond donors (Lipinski definition) is 0. The molecule has 2 aliphatic rings. The van der Waals surface area contributed by atoms with E-state index >= 15 is 0 Å². The molecule has 1 aliphatic heterocycles. The molecule has 0 saturated carbocycles. The van der Waals surface area contributed by atoms with Gasteiger partial charge in [-0.2, -0.15) is 0 Å². The number of aryl methyl sites for hydroxylation is 1. The second-order valence-corrected chi connectivity index (χ2v) is 7.28. The molecule has 1 heterocycles. The van der Waals surface area contributed by atoms with Gasteiger partial charge in [-0.15, -0.1) is 0 Å². The zero-order valence-electron chi connectivity index (χ0n) is 16.0. The van der Waals surface area contributed by atoms with E-state index in [-0.39, 0.29) is 24.4 Å². The van der Waals surface area contributed by atoms with Crippen LogP contribution >= 0.6 is 0 Å². The lowest BCUT2D eigenvalue weighted by Crippen LogP contribution is -2.51. The fraction of sp³-hybridized carbons (Fsp3) is 0.348. The third kappa shape index (κ3) is 2.46. The Morgan fingerprint density at radius 3 is 2.14 bits per heavy atom. The van der Waals surface area contributed by atoms with Crippen molar-refractivity contribution in [2.45, 2.75) is 44.3 Å². The second-order valence-electron chi connectivity index (χ2n) is 7.28. The van der Waals surface area contributed by atoms with Gasteiger partial charge in [0, 0.05) is 17.5 Å². The fourth-order valence-electron chi connectivity index (χ4n) is 4.13. The van der Waals surface area contributed by atoms with Crippen LogP contribution in [0, 0.1) is 0 Å². The average molecular weight is 378 g/mol. The van der Waals surface area contributed by atoms with E-state index < -0.39 is 23.0 Å². The van der Waals surface area contributed by atoms with Crippen molar-refractivity contribution in [3.05, 3.63) is 70.8 Å². The number of rotatable bonds is 6. The topological polar surface area (TPSA) is 73.0 Å². The highest BCUT2D eigenvalue weighted by molar-refractivity contribution is 6.32. The van der Waals surface area contributed by atoms with Gasteiger partial charge in [-0.3, -0.25) is 9.59 Å². The lowest BCUT2D eigenvalue weighted by Gasteiger charge is -2.23. The number of Topliss-reactive ketones (excluding diaryl/α,β-unsaturated/α-hetero) is 2. The molecule has 1 aliphatic carbocycles. The molecule has 1 saturated heterocycles. The summed E-state index contributed by atoms with van der Waals surface area (Å²) in [4.78, 5) is 39.3. The fourth-order valence-corrected chi connectivity index (χ4v) is 4.13. The zero-order valence-corrected chi connectivity index (χ0v) is 16.0. The molecule has 5 nitrogen and oxygen atoms in total. The first kappa shape index (κ1) is 18.6. The Morgan fingerprint density at radius 2 is 1.54 bits per heavy atom. The Bertz CT molecular complexity index is 961.